The van der Waals surface area contributed by atoms with Gasteiger partial charge in [-0.1, -0.05) is 42.6 Å². The Morgan fingerprint density at radius 1 is 1.33 bits per heavy atom. The molecule has 0 bridgehead atoms. The normalized spacial score (nSPS) is 12.0. The van der Waals surface area contributed by atoms with E-state index in [4.69, 9.17) is 28.3 Å². The number of rotatable bonds is 7. The number of aryl methyl sites for hydroxylation is 1. The Bertz CT molecular complexity index is 535. The fourth-order valence-electron chi connectivity index (χ4n) is 1.77. The highest BCUT2D eigenvalue weighted by Gasteiger charge is 2.18. The summed E-state index contributed by atoms with van der Waals surface area (Å²) in [6.45, 7) is 3.55. The summed E-state index contributed by atoms with van der Waals surface area (Å²) >= 11 is 12.1. The lowest BCUT2D eigenvalue weighted by molar-refractivity contribution is -0.139. The van der Waals surface area contributed by atoms with E-state index < -0.39 is 17.9 Å². The lowest BCUT2D eigenvalue weighted by Gasteiger charge is -2.15. The predicted molar refractivity (Wildman–Crippen MR) is 84.2 cm³/mol. The van der Waals surface area contributed by atoms with E-state index in [0.717, 1.165) is 5.56 Å². The fourth-order valence-corrected chi connectivity index (χ4v) is 2.24. The van der Waals surface area contributed by atoms with Crippen LogP contribution in [0, 0.1) is 6.92 Å². The van der Waals surface area contributed by atoms with E-state index in [1.807, 2.05) is 6.92 Å². The maximum absolute atomic E-state index is 11.9. The van der Waals surface area contributed by atoms with Gasteiger partial charge in [0.15, 0.2) is 0 Å². The second kappa shape index (κ2) is 8.22. The van der Waals surface area contributed by atoms with Crippen molar-refractivity contribution in [1.82, 2.24) is 5.32 Å². The Hall–Kier alpha value is -1.30. The molecule has 5 nitrogen and oxygen atoms in total. The molecule has 1 unspecified atom stereocenters. The molecule has 1 aromatic carbocycles. The standard InChI is InChI=1S/C14H18Cl2N2O3/c1-3-4-10(14(20)21)17-7-11(19)18-13-9(15)6-5-8(2)12(13)16/h5-6,10,17H,3-4,7H2,1-2H3,(H,18,19)(H,20,21). The maximum Gasteiger partial charge on any atom is 0.320 e. The maximum atomic E-state index is 11.9. The highest BCUT2D eigenvalue weighted by atomic mass is 35.5. The molecule has 0 spiro atoms. The van der Waals surface area contributed by atoms with Crippen LogP contribution in [0.1, 0.15) is 25.3 Å². The molecule has 1 aromatic rings. The van der Waals surface area contributed by atoms with Gasteiger partial charge in [0, 0.05) is 0 Å². The third-order valence-corrected chi connectivity index (χ3v) is 3.74. The van der Waals surface area contributed by atoms with Gasteiger partial charge in [0.05, 0.1) is 22.3 Å². The van der Waals surface area contributed by atoms with Crippen LogP contribution < -0.4 is 10.6 Å². The first-order valence-corrected chi connectivity index (χ1v) is 7.33. The average Bonchev–Trinajstić information content (AvgIpc) is 2.43. The molecule has 7 heteroatoms. The zero-order valence-corrected chi connectivity index (χ0v) is 13.4. The highest BCUT2D eigenvalue weighted by Crippen LogP contribution is 2.32. The smallest absolute Gasteiger partial charge is 0.320 e. The van der Waals surface area contributed by atoms with Crippen molar-refractivity contribution in [3.8, 4) is 0 Å². The van der Waals surface area contributed by atoms with Gasteiger partial charge in [-0.3, -0.25) is 14.9 Å². The van der Waals surface area contributed by atoms with Crippen LogP contribution in [0.25, 0.3) is 0 Å². The average molecular weight is 333 g/mol. The molecule has 0 radical (unpaired) electrons. The van der Waals surface area contributed by atoms with E-state index >= 15 is 0 Å². The molecule has 0 aliphatic carbocycles. The van der Waals surface area contributed by atoms with E-state index in [9.17, 15) is 9.59 Å². The molecular formula is C14H18Cl2N2O3. The minimum absolute atomic E-state index is 0.127. The third kappa shape index (κ3) is 5.19. The molecule has 0 aliphatic heterocycles. The van der Waals surface area contributed by atoms with Gasteiger partial charge in [-0.2, -0.15) is 0 Å². The number of nitrogens with one attached hydrogen (secondary N) is 2. The number of benzene rings is 1. The summed E-state index contributed by atoms with van der Waals surface area (Å²) in [5.74, 6) is -1.37. The van der Waals surface area contributed by atoms with Crippen molar-refractivity contribution in [3.05, 3.63) is 27.7 Å². The van der Waals surface area contributed by atoms with Crippen molar-refractivity contribution in [2.45, 2.75) is 32.7 Å². The van der Waals surface area contributed by atoms with E-state index in [2.05, 4.69) is 10.6 Å². The number of aliphatic carboxylic acids is 1. The molecule has 3 N–H and O–H groups in total. The number of carboxylic acid groups (broad SMARTS) is 1. The Balaban J connectivity index is 2.66. The van der Waals surface area contributed by atoms with Crippen molar-refractivity contribution in [1.29, 1.82) is 0 Å². The summed E-state index contributed by atoms with van der Waals surface area (Å²) in [6, 6.07) is 2.65. The molecule has 0 saturated heterocycles. The third-order valence-electron chi connectivity index (χ3n) is 2.93. The molecule has 0 heterocycles. The zero-order chi connectivity index (χ0) is 16.0. The monoisotopic (exact) mass is 332 g/mol. The Morgan fingerprint density at radius 3 is 2.57 bits per heavy atom. The molecule has 1 amide bonds. The first kappa shape index (κ1) is 17.8. The van der Waals surface area contributed by atoms with Crippen molar-refractivity contribution in [2.24, 2.45) is 0 Å². The summed E-state index contributed by atoms with van der Waals surface area (Å²) in [7, 11) is 0. The topological polar surface area (TPSA) is 78.4 Å². The number of hydrogen-bond donors (Lipinski definition) is 3. The SMILES string of the molecule is CCCC(NCC(=O)Nc1c(Cl)ccc(C)c1Cl)C(=O)O. The van der Waals surface area contributed by atoms with E-state index in [1.54, 1.807) is 19.1 Å². The Kier molecular flexibility index (Phi) is 6.95. The van der Waals surface area contributed by atoms with Crippen LogP contribution in [-0.4, -0.2) is 29.6 Å². The number of hydrogen-bond acceptors (Lipinski definition) is 3. The van der Waals surface area contributed by atoms with Crippen molar-refractivity contribution in [2.75, 3.05) is 11.9 Å². The van der Waals surface area contributed by atoms with E-state index in [1.165, 1.54) is 0 Å². The Labute approximate surface area is 133 Å². The second-order valence-corrected chi connectivity index (χ2v) is 5.45. The van der Waals surface area contributed by atoms with Crippen LogP contribution in [0.15, 0.2) is 12.1 Å². The first-order valence-electron chi connectivity index (χ1n) is 6.57. The molecular weight excluding hydrogens is 315 g/mol. The molecule has 116 valence electrons. The number of carbonyl (C=O) groups is 2. The van der Waals surface area contributed by atoms with Crippen LogP contribution in [-0.2, 0) is 9.59 Å². The largest absolute Gasteiger partial charge is 0.480 e. The van der Waals surface area contributed by atoms with Crippen LogP contribution in [0.3, 0.4) is 0 Å². The lowest BCUT2D eigenvalue weighted by atomic mass is 10.1. The van der Waals surface area contributed by atoms with Crippen LogP contribution in [0.2, 0.25) is 10.0 Å². The summed E-state index contributed by atoms with van der Waals surface area (Å²) in [5, 5.41) is 15.0. The Morgan fingerprint density at radius 2 is 2.00 bits per heavy atom. The van der Waals surface area contributed by atoms with Gasteiger partial charge < -0.3 is 10.4 Å². The molecule has 21 heavy (non-hydrogen) atoms. The number of halogens is 2. The number of carboxylic acids is 1. The van der Waals surface area contributed by atoms with E-state index in [-0.39, 0.29) is 6.54 Å². The molecule has 0 saturated carbocycles. The minimum atomic E-state index is -0.976. The van der Waals surface area contributed by atoms with Gasteiger partial charge in [-0.05, 0) is 25.0 Å². The number of anilines is 1. The minimum Gasteiger partial charge on any atom is -0.480 e. The van der Waals surface area contributed by atoms with Crippen LogP contribution in [0.4, 0.5) is 5.69 Å². The van der Waals surface area contributed by atoms with E-state index in [0.29, 0.717) is 28.6 Å². The van der Waals surface area contributed by atoms with Gasteiger partial charge >= 0.3 is 5.97 Å². The quantitative estimate of drug-likeness (QED) is 0.716. The highest BCUT2D eigenvalue weighted by molar-refractivity contribution is 6.40. The molecule has 0 fully saturated rings. The van der Waals surface area contributed by atoms with Gasteiger partial charge in [0.2, 0.25) is 5.91 Å². The van der Waals surface area contributed by atoms with Gasteiger partial charge in [-0.25, -0.2) is 0 Å². The molecule has 0 aliphatic rings. The number of carbonyl (C=O) groups excluding carboxylic acids is 1. The second-order valence-electron chi connectivity index (χ2n) is 4.66. The van der Waals surface area contributed by atoms with Crippen molar-refractivity contribution >= 4 is 40.8 Å². The first-order chi connectivity index (χ1) is 9.86. The van der Waals surface area contributed by atoms with Crippen molar-refractivity contribution < 1.29 is 14.7 Å². The van der Waals surface area contributed by atoms with Gasteiger partial charge in [0.25, 0.3) is 0 Å². The molecule has 0 aromatic heterocycles. The summed E-state index contributed by atoms with van der Waals surface area (Å²) in [4.78, 5) is 22.9. The molecule has 1 rings (SSSR count). The van der Waals surface area contributed by atoms with Crippen LogP contribution >= 0.6 is 23.2 Å². The van der Waals surface area contributed by atoms with Gasteiger partial charge in [-0.15, -0.1) is 0 Å². The summed E-state index contributed by atoms with van der Waals surface area (Å²) in [5.41, 5.74) is 1.13. The summed E-state index contributed by atoms with van der Waals surface area (Å²) in [6.07, 6.45) is 1.16. The lowest BCUT2D eigenvalue weighted by Crippen LogP contribution is -2.41. The van der Waals surface area contributed by atoms with Gasteiger partial charge in [0.1, 0.15) is 6.04 Å². The summed E-state index contributed by atoms with van der Waals surface area (Å²) < 4.78 is 0. The number of amides is 1. The fraction of sp³-hybridized carbons (Fsp3) is 0.429. The van der Waals surface area contributed by atoms with Crippen LogP contribution in [0.5, 0.6) is 0 Å². The molecule has 1 atom stereocenters. The predicted octanol–water partition coefficient (Wildman–Crippen LogP) is 3.08. The van der Waals surface area contributed by atoms with Crippen molar-refractivity contribution in [3.63, 3.8) is 0 Å². The zero-order valence-electron chi connectivity index (χ0n) is 11.9.